The Morgan fingerprint density at radius 1 is 0.730 bits per heavy atom. The lowest BCUT2D eigenvalue weighted by molar-refractivity contribution is 0.311. The SMILES string of the molecule is Cc1cccc(C)c1OCCNN=C(N)N.Cc1cccc(C)c1OCCNN=C(N)N.O=S(=O)(O)O. The standard InChI is InChI=1S/2C11H18N4O.H2O4S/c2*1-8-4-3-5-9(2)10(8)16-7-6-14-15-11(12)13;1-5(2,3)4/h2*3-5,14H,6-7H2,1-2H3,(H4,12,13,15);(H2,1,2,3,4). The number of aryl methyl sites for hydroxylation is 4. The number of benzene rings is 2. The molecule has 2 aromatic rings. The van der Waals surface area contributed by atoms with E-state index in [0.29, 0.717) is 26.3 Å². The number of nitrogens with one attached hydrogen (secondary N) is 2. The van der Waals surface area contributed by atoms with Crippen LogP contribution in [0.4, 0.5) is 0 Å². The Balaban J connectivity index is 0.000000594. The van der Waals surface area contributed by atoms with Gasteiger partial charge in [-0.3, -0.25) is 9.11 Å². The van der Waals surface area contributed by atoms with E-state index in [9.17, 15) is 0 Å². The van der Waals surface area contributed by atoms with E-state index in [0.717, 1.165) is 33.8 Å². The smallest absolute Gasteiger partial charge is 0.394 e. The number of hydrogen-bond donors (Lipinski definition) is 8. The summed E-state index contributed by atoms with van der Waals surface area (Å²) in [4.78, 5) is 0. The molecule has 208 valence electrons. The molecule has 0 fully saturated rings. The normalized spacial score (nSPS) is 9.89. The highest BCUT2D eigenvalue weighted by molar-refractivity contribution is 7.79. The van der Waals surface area contributed by atoms with E-state index in [1.165, 1.54) is 0 Å². The minimum atomic E-state index is -4.67. The molecule has 0 aliphatic rings. The maximum absolute atomic E-state index is 8.74. The minimum absolute atomic E-state index is 0.0204. The fourth-order valence-corrected chi connectivity index (χ4v) is 2.75. The highest BCUT2D eigenvalue weighted by Gasteiger charge is 2.03. The zero-order valence-corrected chi connectivity index (χ0v) is 22.2. The van der Waals surface area contributed by atoms with Gasteiger partial charge in [0.05, 0.1) is 13.1 Å². The summed E-state index contributed by atoms with van der Waals surface area (Å²) in [5.41, 5.74) is 30.6. The fraction of sp³-hybridized carbons (Fsp3) is 0.364. The second-order valence-electron chi connectivity index (χ2n) is 7.48. The minimum Gasteiger partial charge on any atom is -0.491 e. The lowest BCUT2D eigenvalue weighted by atomic mass is 10.1. The fourth-order valence-electron chi connectivity index (χ4n) is 2.75. The Bertz CT molecular complexity index is 996. The molecule has 0 aliphatic heterocycles. The lowest BCUT2D eigenvalue weighted by Gasteiger charge is -2.11. The van der Waals surface area contributed by atoms with Crippen molar-refractivity contribution in [3.05, 3.63) is 58.7 Å². The van der Waals surface area contributed by atoms with Crippen LogP contribution in [-0.2, 0) is 10.4 Å². The van der Waals surface area contributed by atoms with E-state index in [1.807, 2.05) is 64.1 Å². The van der Waals surface area contributed by atoms with Crippen molar-refractivity contribution in [2.45, 2.75) is 27.7 Å². The van der Waals surface area contributed by atoms with E-state index in [1.54, 1.807) is 0 Å². The maximum Gasteiger partial charge on any atom is 0.394 e. The Hall–Kier alpha value is -3.95. The Morgan fingerprint density at radius 2 is 1.00 bits per heavy atom. The largest absolute Gasteiger partial charge is 0.491 e. The molecule has 37 heavy (non-hydrogen) atoms. The van der Waals surface area contributed by atoms with Crippen LogP contribution in [-0.4, -0.2) is 55.7 Å². The molecule has 0 atom stereocenters. The van der Waals surface area contributed by atoms with E-state index >= 15 is 0 Å². The average Bonchev–Trinajstić information content (AvgIpc) is 2.76. The van der Waals surface area contributed by atoms with Gasteiger partial charge in [-0.15, -0.1) is 10.2 Å². The molecule has 2 rings (SSSR count). The molecule has 12 N–H and O–H groups in total. The summed E-state index contributed by atoms with van der Waals surface area (Å²) in [6.07, 6.45) is 0. The number of hydrazone groups is 2. The van der Waals surface area contributed by atoms with Gasteiger partial charge < -0.3 is 43.3 Å². The van der Waals surface area contributed by atoms with E-state index < -0.39 is 10.4 Å². The third-order valence-electron chi connectivity index (χ3n) is 4.15. The molecular formula is C22H38N8O6S. The Labute approximate surface area is 217 Å². The first-order valence-corrected chi connectivity index (χ1v) is 12.3. The van der Waals surface area contributed by atoms with Gasteiger partial charge in [-0.2, -0.15) is 8.42 Å². The maximum atomic E-state index is 8.74. The van der Waals surface area contributed by atoms with Gasteiger partial charge in [-0.05, 0) is 49.9 Å². The van der Waals surface area contributed by atoms with E-state index in [-0.39, 0.29) is 11.9 Å². The van der Waals surface area contributed by atoms with Crippen molar-refractivity contribution in [3.63, 3.8) is 0 Å². The van der Waals surface area contributed by atoms with Gasteiger partial charge in [-0.25, -0.2) is 0 Å². The topological polar surface area (TPSA) is 246 Å². The van der Waals surface area contributed by atoms with Gasteiger partial charge in [-0.1, -0.05) is 36.4 Å². The summed E-state index contributed by atoms with van der Waals surface area (Å²) in [7, 11) is -4.67. The molecule has 0 bridgehead atoms. The second-order valence-corrected chi connectivity index (χ2v) is 8.37. The number of ether oxygens (including phenoxy) is 2. The van der Waals surface area contributed by atoms with Crippen molar-refractivity contribution in [1.29, 1.82) is 0 Å². The van der Waals surface area contributed by atoms with Crippen LogP contribution in [0.25, 0.3) is 0 Å². The second kappa shape index (κ2) is 17.5. The predicted octanol–water partition coefficient (Wildman–Crippen LogP) is 0.268. The van der Waals surface area contributed by atoms with Crippen molar-refractivity contribution >= 4 is 22.3 Å². The molecule has 15 heteroatoms. The molecule has 0 saturated carbocycles. The van der Waals surface area contributed by atoms with E-state index in [2.05, 4.69) is 21.1 Å². The lowest BCUT2D eigenvalue weighted by Crippen LogP contribution is -2.28. The Morgan fingerprint density at radius 3 is 1.24 bits per heavy atom. The summed E-state index contributed by atoms with van der Waals surface area (Å²) in [6.45, 7) is 10.2. The number of nitrogens with two attached hydrogens (primary N) is 4. The van der Waals surface area contributed by atoms with Gasteiger partial charge in [0, 0.05) is 0 Å². The van der Waals surface area contributed by atoms with Crippen LogP contribution in [0.5, 0.6) is 11.5 Å². The molecule has 0 radical (unpaired) electrons. The van der Waals surface area contributed by atoms with Gasteiger partial charge >= 0.3 is 10.4 Å². The third kappa shape index (κ3) is 18.0. The third-order valence-corrected chi connectivity index (χ3v) is 4.15. The molecule has 0 amide bonds. The predicted molar refractivity (Wildman–Crippen MR) is 145 cm³/mol. The molecule has 14 nitrogen and oxygen atoms in total. The van der Waals surface area contributed by atoms with Crippen molar-refractivity contribution in [2.24, 2.45) is 33.1 Å². The molecule has 0 saturated heterocycles. The molecule has 0 heterocycles. The zero-order chi connectivity index (χ0) is 28.4. The summed E-state index contributed by atoms with van der Waals surface area (Å²) < 4.78 is 42.9. The highest BCUT2D eigenvalue weighted by atomic mass is 32.3. The number of hydrogen-bond acceptors (Lipinski definition) is 8. The zero-order valence-electron chi connectivity index (χ0n) is 21.4. The van der Waals surface area contributed by atoms with Gasteiger partial charge in [0.2, 0.25) is 11.9 Å². The summed E-state index contributed by atoms with van der Waals surface area (Å²) >= 11 is 0. The quantitative estimate of drug-likeness (QED) is 0.0662. The molecule has 2 aromatic carbocycles. The van der Waals surface area contributed by atoms with Crippen LogP contribution >= 0.6 is 0 Å². The van der Waals surface area contributed by atoms with Gasteiger partial charge in [0.25, 0.3) is 0 Å². The first-order valence-electron chi connectivity index (χ1n) is 10.9. The monoisotopic (exact) mass is 542 g/mol. The molecular weight excluding hydrogens is 504 g/mol. The number of para-hydroxylation sites is 2. The van der Waals surface area contributed by atoms with Crippen LogP contribution in [0, 0.1) is 27.7 Å². The molecule has 0 unspecified atom stereocenters. The van der Waals surface area contributed by atoms with Crippen molar-refractivity contribution in [3.8, 4) is 11.5 Å². The van der Waals surface area contributed by atoms with Crippen LogP contribution in [0.3, 0.4) is 0 Å². The first kappa shape index (κ1) is 33.0. The first-order chi connectivity index (χ1) is 17.2. The van der Waals surface area contributed by atoms with Gasteiger partial charge in [0.15, 0.2) is 0 Å². The van der Waals surface area contributed by atoms with Crippen LogP contribution < -0.4 is 43.3 Å². The molecule has 0 spiro atoms. The van der Waals surface area contributed by atoms with E-state index in [4.69, 9.17) is 49.9 Å². The summed E-state index contributed by atoms with van der Waals surface area (Å²) in [5.74, 6) is 1.89. The average molecular weight is 543 g/mol. The number of nitrogens with zero attached hydrogens (tertiary/aromatic N) is 2. The van der Waals surface area contributed by atoms with Crippen LogP contribution in [0.15, 0.2) is 46.6 Å². The van der Waals surface area contributed by atoms with Gasteiger partial charge in [0.1, 0.15) is 24.7 Å². The Kier molecular flexibility index (Phi) is 15.6. The van der Waals surface area contributed by atoms with Crippen molar-refractivity contribution in [1.82, 2.24) is 10.9 Å². The number of guanidine groups is 2. The summed E-state index contributed by atoms with van der Waals surface area (Å²) in [6, 6.07) is 12.1. The summed E-state index contributed by atoms with van der Waals surface area (Å²) in [5, 5.41) is 7.29. The molecule has 0 aliphatic carbocycles. The van der Waals surface area contributed by atoms with Crippen molar-refractivity contribution in [2.75, 3.05) is 26.3 Å². The number of rotatable bonds is 10. The van der Waals surface area contributed by atoms with Crippen LogP contribution in [0.1, 0.15) is 22.3 Å². The van der Waals surface area contributed by atoms with Crippen LogP contribution in [0.2, 0.25) is 0 Å². The molecule has 0 aromatic heterocycles. The van der Waals surface area contributed by atoms with Crippen molar-refractivity contribution < 1.29 is 27.0 Å². The highest BCUT2D eigenvalue weighted by Crippen LogP contribution is 2.22.